The van der Waals surface area contributed by atoms with Gasteiger partial charge in [-0.15, -0.1) is 0 Å². The van der Waals surface area contributed by atoms with E-state index in [-0.39, 0.29) is 11.8 Å². The average Bonchev–Trinajstić information content (AvgIpc) is 3.47. The van der Waals surface area contributed by atoms with Crippen molar-refractivity contribution < 1.29 is 9.59 Å². The third-order valence-corrected chi connectivity index (χ3v) is 7.46. The Balaban J connectivity index is 1.47. The summed E-state index contributed by atoms with van der Waals surface area (Å²) in [7, 11) is 0. The molecular formula is C33H29N3O2. The second-order valence-electron chi connectivity index (χ2n) is 9.91. The molecule has 0 saturated heterocycles. The smallest absolute Gasteiger partial charge is 0.255 e. The van der Waals surface area contributed by atoms with Crippen molar-refractivity contribution in [2.24, 2.45) is 0 Å². The van der Waals surface area contributed by atoms with Crippen molar-refractivity contribution in [2.75, 3.05) is 0 Å². The van der Waals surface area contributed by atoms with Crippen LogP contribution < -0.4 is 5.32 Å². The highest BCUT2D eigenvalue weighted by molar-refractivity contribution is 6.04. The van der Waals surface area contributed by atoms with Crippen molar-refractivity contribution in [2.45, 2.75) is 32.5 Å². The highest BCUT2D eigenvalue weighted by atomic mass is 16.2. The number of H-pyrrole nitrogens is 1. The summed E-state index contributed by atoms with van der Waals surface area (Å²) >= 11 is 0. The first-order chi connectivity index (χ1) is 18.5. The number of amides is 2. The van der Waals surface area contributed by atoms with Crippen molar-refractivity contribution in [3.05, 3.63) is 131 Å². The van der Waals surface area contributed by atoms with Crippen molar-refractivity contribution in [3.8, 4) is 11.3 Å². The zero-order valence-electron chi connectivity index (χ0n) is 21.4. The molecule has 2 N–H and O–H groups in total. The maximum absolute atomic E-state index is 13.9. The van der Waals surface area contributed by atoms with Crippen LogP contribution in [0.4, 0.5) is 0 Å². The normalized spacial score (nSPS) is 15.5. The van der Waals surface area contributed by atoms with Gasteiger partial charge in [-0.25, -0.2) is 0 Å². The number of fused-ring (bicyclic) bond motifs is 2. The molecule has 0 fully saturated rings. The molecule has 0 radical (unpaired) electrons. The van der Waals surface area contributed by atoms with E-state index in [1.54, 1.807) is 4.90 Å². The Kier molecular flexibility index (Phi) is 6.04. The summed E-state index contributed by atoms with van der Waals surface area (Å²) in [6.45, 7) is 4.29. The zero-order valence-corrected chi connectivity index (χ0v) is 21.4. The molecule has 5 nitrogen and oxygen atoms in total. The topological polar surface area (TPSA) is 65.2 Å². The van der Waals surface area contributed by atoms with Gasteiger partial charge in [-0.05, 0) is 42.7 Å². The van der Waals surface area contributed by atoms with Gasteiger partial charge in [-0.2, -0.15) is 0 Å². The highest BCUT2D eigenvalue weighted by Gasteiger charge is 2.44. The molecule has 1 aromatic heterocycles. The molecule has 2 atom stereocenters. The molecule has 0 saturated carbocycles. The van der Waals surface area contributed by atoms with Gasteiger partial charge < -0.3 is 15.2 Å². The number of para-hydroxylation sites is 1. The van der Waals surface area contributed by atoms with Crippen molar-refractivity contribution in [3.63, 3.8) is 0 Å². The van der Waals surface area contributed by atoms with Crippen LogP contribution in [-0.4, -0.2) is 27.7 Å². The second kappa shape index (κ2) is 9.67. The van der Waals surface area contributed by atoms with Crippen LogP contribution >= 0.6 is 0 Å². The number of hydrogen-bond donors (Lipinski definition) is 2. The molecule has 0 bridgehead atoms. The van der Waals surface area contributed by atoms with Crippen LogP contribution in [0.15, 0.2) is 103 Å². The van der Waals surface area contributed by atoms with E-state index in [1.807, 2.05) is 73.7 Å². The number of carbonyl (C=O) groups excluding carboxylic acids is 2. The van der Waals surface area contributed by atoms with E-state index in [0.29, 0.717) is 12.1 Å². The van der Waals surface area contributed by atoms with Gasteiger partial charge in [0.15, 0.2) is 0 Å². The van der Waals surface area contributed by atoms with E-state index < -0.39 is 12.1 Å². The maximum atomic E-state index is 13.9. The highest BCUT2D eigenvalue weighted by Crippen LogP contribution is 2.46. The molecule has 38 heavy (non-hydrogen) atoms. The monoisotopic (exact) mass is 499 g/mol. The number of nitrogens with zero attached hydrogens (tertiary/aromatic N) is 1. The van der Waals surface area contributed by atoms with Gasteiger partial charge in [0.25, 0.3) is 5.91 Å². The molecule has 2 amide bonds. The number of aryl methyl sites for hydroxylation is 1. The Morgan fingerprint density at radius 2 is 1.58 bits per heavy atom. The molecular weight excluding hydrogens is 470 g/mol. The summed E-state index contributed by atoms with van der Waals surface area (Å²) in [4.78, 5) is 32.7. The standard InChI is InChI=1S/C33H29N3O2/c1-21-16-18-24(19-17-21)30-29(27-14-8-9-15-28(27)35-30)31-25-12-6-7-13-26(25)33(38)36(31)22(2)32(37)34-20-23-10-4-3-5-11-23/h3-19,22,31,35H,20H2,1-2H3,(H,34,37). The minimum absolute atomic E-state index is 0.131. The second-order valence-corrected chi connectivity index (χ2v) is 9.91. The van der Waals surface area contributed by atoms with E-state index in [2.05, 4.69) is 53.6 Å². The van der Waals surface area contributed by atoms with E-state index in [0.717, 1.165) is 38.9 Å². The quantitative estimate of drug-likeness (QED) is 0.284. The number of aromatic nitrogens is 1. The summed E-state index contributed by atoms with van der Waals surface area (Å²) in [5, 5.41) is 4.08. The maximum Gasteiger partial charge on any atom is 0.255 e. The van der Waals surface area contributed by atoms with Crippen molar-refractivity contribution in [1.29, 1.82) is 0 Å². The van der Waals surface area contributed by atoms with Gasteiger partial charge in [0.1, 0.15) is 6.04 Å². The van der Waals surface area contributed by atoms with Gasteiger partial charge in [0.05, 0.1) is 11.7 Å². The minimum Gasteiger partial charge on any atom is -0.354 e. The van der Waals surface area contributed by atoms with Crippen LogP contribution in [0, 0.1) is 6.92 Å². The van der Waals surface area contributed by atoms with E-state index in [4.69, 9.17) is 0 Å². The molecule has 2 unspecified atom stereocenters. The largest absolute Gasteiger partial charge is 0.354 e. The van der Waals surface area contributed by atoms with Crippen molar-refractivity contribution in [1.82, 2.24) is 15.2 Å². The molecule has 0 spiro atoms. The van der Waals surface area contributed by atoms with Crippen LogP contribution in [0.1, 0.15) is 45.6 Å². The molecule has 5 aromatic rings. The number of hydrogen-bond acceptors (Lipinski definition) is 2. The molecule has 1 aliphatic rings. The summed E-state index contributed by atoms with van der Waals surface area (Å²) in [5.41, 5.74) is 7.75. The SMILES string of the molecule is Cc1ccc(-c2[nH]c3ccccc3c2C2c3ccccc3C(=O)N2C(C)C(=O)NCc2ccccc2)cc1. The average molecular weight is 500 g/mol. The molecule has 6 rings (SSSR count). The van der Waals surface area contributed by atoms with Crippen LogP contribution in [0.2, 0.25) is 0 Å². The van der Waals surface area contributed by atoms with Gasteiger partial charge in [-0.1, -0.05) is 96.6 Å². The first-order valence-corrected chi connectivity index (χ1v) is 12.9. The predicted octanol–water partition coefficient (Wildman–Crippen LogP) is 6.39. The summed E-state index contributed by atoms with van der Waals surface area (Å²) in [5.74, 6) is -0.315. The first-order valence-electron chi connectivity index (χ1n) is 12.9. The van der Waals surface area contributed by atoms with E-state index in [1.165, 1.54) is 5.56 Å². The number of rotatable bonds is 6. The summed E-state index contributed by atoms with van der Waals surface area (Å²) in [6.07, 6.45) is 0. The Bertz CT molecular complexity index is 1640. The Labute approximate surface area is 222 Å². The summed E-state index contributed by atoms with van der Waals surface area (Å²) < 4.78 is 0. The fourth-order valence-corrected chi connectivity index (χ4v) is 5.49. The van der Waals surface area contributed by atoms with Crippen LogP contribution in [-0.2, 0) is 11.3 Å². The third kappa shape index (κ3) is 4.06. The Hall–Kier alpha value is -4.64. The van der Waals surface area contributed by atoms with Crippen molar-refractivity contribution >= 4 is 22.7 Å². The third-order valence-electron chi connectivity index (χ3n) is 7.46. The molecule has 4 aromatic carbocycles. The number of nitrogens with one attached hydrogen (secondary N) is 2. The molecule has 188 valence electrons. The lowest BCUT2D eigenvalue weighted by molar-refractivity contribution is -0.125. The van der Waals surface area contributed by atoms with Crippen LogP contribution in [0.25, 0.3) is 22.2 Å². The van der Waals surface area contributed by atoms with Gasteiger partial charge in [0.2, 0.25) is 5.91 Å². The number of benzene rings is 4. The zero-order chi connectivity index (χ0) is 26.2. The molecule has 2 heterocycles. The lowest BCUT2D eigenvalue weighted by Gasteiger charge is -2.31. The number of carbonyl (C=O) groups is 2. The van der Waals surface area contributed by atoms with Crippen LogP contribution in [0.5, 0.6) is 0 Å². The fourth-order valence-electron chi connectivity index (χ4n) is 5.49. The van der Waals surface area contributed by atoms with E-state index in [9.17, 15) is 9.59 Å². The molecule has 0 aliphatic carbocycles. The molecule has 5 heteroatoms. The number of aromatic amines is 1. The lowest BCUT2D eigenvalue weighted by Crippen LogP contribution is -2.46. The Morgan fingerprint density at radius 3 is 2.37 bits per heavy atom. The Morgan fingerprint density at radius 1 is 0.895 bits per heavy atom. The van der Waals surface area contributed by atoms with Crippen LogP contribution in [0.3, 0.4) is 0 Å². The minimum atomic E-state index is -0.678. The lowest BCUT2D eigenvalue weighted by atomic mass is 9.92. The summed E-state index contributed by atoms with van der Waals surface area (Å²) in [6, 6.07) is 33.0. The fraction of sp³-hybridized carbons (Fsp3) is 0.152. The van der Waals surface area contributed by atoms with Gasteiger partial charge in [-0.3, -0.25) is 9.59 Å². The van der Waals surface area contributed by atoms with E-state index >= 15 is 0 Å². The first kappa shape index (κ1) is 23.7. The van der Waals surface area contributed by atoms with Gasteiger partial charge >= 0.3 is 0 Å². The van der Waals surface area contributed by atoms with Gasteiger partial charge in [0, 0.05) is 28.6 Å². The molecule has 1 aliphatic heterocycles. The predicted molar refractivity (Wildman–Crippen MR) is 151 cm³/mol.